The normalized spacial score (nSPS) is 11.4. The molecule has 0 aliphatic rings. The number of rotatable bonds is 17. The highest BCUT2D eigenvalue weighted by atomic mass is 16.4. The van der Waals surface area contributed by atoms with E-state index in [1.807, 2.05) is 115 Å². The van der Waals surface area contributed by atoms with Gasteiger partial charge in [-0.1, -0.05) is 358 Å². The molecule has 0 radical (unpaired) electrons. The number of fused-ring (bicyclic) bond motifs is 16. The van der Waals surface area contributed by atoms with Gasteiger partial charge in [0.1, 0.15) is 16.6 Å². The summed E-state index contributed by atoms with van der Waals surface area (Å²) in [5.74, 6) is 1.91. The molecule has 27 aromatic rings. The second kappa shape index (κ2) is 37.2. The summed E-state index contributed by atoms with van der Waals surface area (Å²) in [4.78, 5) is 21.6. The summed E-state index contributed by atoms with van der Waals surface area (Å²) in [6.07, 6.45) is 0. The molecule has 142 heavy (non-hydrogen) atoms. The first-order valence-electron chi connectivity index (χ1n) is 48.0. The average molecular weight is 1820 g/mol. The molecule has 0 unspecified atom stereocenters. The Bertz CT molecular complexity index is 9160. The van der Waals surface area contributed by atoms with Crippen molar-refractivity contribution in [2.24, 2.45) is 0 Å². The highest BCUT2D eigenvalue weighted by Gasteiger charge is 2.24. The Balaban J connectivity index is 0.000000113. The van der Waals surface area contributed by atoms with Crippen molar-refractivity contribution in [3.05, 3.63) is 534 Å². The summed E-state index contributed by atoms with van der Waals surface area (Å²) in [6.45, 7) is 0. The van der Waals surface area contributed by atoms with Crippen LogP contribution in [-0.4, -0.2) is 15.0 Å². The first-order chi connectivity index (χ1) is 70.3. The van der Waals surface area contributed by atoms with E-state index in [0.29, 0.717) is 17.7 Å². The second-order valence-corrected chi connectivity index (χ2v) is 35.7. The fourth-order valence-electron chi connectivity index (χ4n) is 19.9. The standard InChI is InChI=1S/C49H32N2O.C45H30N2O.C39H26N2O/c1-3-9-33(10-4-1)35-17-24-42(25-18-35)51(44-28-21-34-11-7-8-14-39(34)32-44)43-26-19-36(20-27-43)40-22-29-45-41(31-40)16-15-37-23-30-46-48(47(37)45)50-49(52-46)38-12-5-2-6-13-38;1-4-10-31(11-5-1)33-18-24-38(25-19-33)47(39-26-20-34(21-27-39)32-12-6-2-7-13-32)40-28-22-35-16-17-36-23-29-42-44(43(36)41(35)30-40)48-45(46-42)37-14-8-3-9-15-37;1-4-10-30(11-5-1)39-40-36-25-22-29-18-16-28-17-19-31(26-35(28)37(29)38(36)42-39)27-20-23-34(24-21-27)41(32-12-6-2-7-13-32)33-14-8-3-9-15-33/h1-32H;1-30H;1-26H. The smallest absolute Gasteiger partial charge is 0.227 e. The van der Waals surface area contributed by atoms with Crippen LogP contribution in [-0.2, 0) is 0 Å². The first-order valence-corrected chi connectivity index (χ1v) is 48.0. The van der Waals surface area contributed by atoms with Gasteiger partial charge in [0.2, 0.25) is 17.7 Å². The van der Waals surface area contributed by atoms with Crippen LogP contribution in [0.4, 0.5) is 51.2 Å². The molecule has 9 heteroatoms. The van der Waals surface area contributed by atoms with E-state index in [9.17, 15) is 0 Å². The SMILES string of the molecule is c1ccc(-c2ccc(N(c3ccc(-c4ccc5c(ccc6ccc7oc(-c8ccccc8)nc7c65)c4)cc3)c3ccc4ccccc4c3)cc2)cc1.c1ccc(-c2ccc(N(c3ccc(-c4ccccc4)cc3)c3ccc4ccc5ccc6nc(-c7ccccc7)oc6c5c4c3)cc2)cc1.c1ccc(-c2nc3ccc4ccc5ccc(-c6ccc(N(c7ccccc7)c7ccccc7)cc6)cc5c4c3o2)cc1. The third kappa shape index (κ3) is 16.6. The number of hydrogen-bond acceptors (Lipinski definition) is 9. The maximum Gasteiger partial charge on any atom is 0.227 e. The van der Waals surface area contributed by atoms with Crippen molar-refractivity contribution in [2.75, 3.05) is 14.7 Å². The van der Waals surface area contributed by atoms with E-state index in [1.54, 1.807) is 0 Å². The molecule has 27 rings (SSSR count). The van der Waals surface area contributed by atoms with Gasteiger partial charge in [0.15, 0.2) is 16.7 Å². The van der Waals surface area contributed by atoms with Crippen molar-refractivity contribution < 1.29 is 13.3 Å². The van der Waals surface area contributed by atoms with Gasteiger partial charge in [-0.15, -0.1) is 0 Å². The molecule has 0 spiro atoms. The van der Waals surface area contributed by atoms with Crippen LogP contribution in [0, 0.1) is 0 Å². The summed E-state index contributed by atoms with van der Waals surface area (Å²) in [5, 5.41) is 16.1. The molecule has 3 aromatic heterocycles. The predicted octanol–water partition coefficient (Wildman–Crippen LogP) is 37.3. The van der Waals surface area contributed by atoms with Gasteiger partial charge in [-0.2, -0.15) is 0 Å². The topological polar surface area (TPSA) is 87.8 Å². The molecule has 0 fully saturated rings. The Labute approximate surface area is 820 Å². The summed E-state index contributed by atoms with van der Waals surface area (Å²) in [6, 6.07) is 188. The van der Waals surface area contributed by atoms with E-state index in [2.05, 4.69) is 433 Å². The Morgan fingerprint density at radius 1 is 0.148 bits per heavy atom. The fraction of sp³-hybridized carbons (Fsp3) is 0. The van der Waals surface area contributed by atoms with Crippen LogP contribution in [0.15, 0.2) is 547 Å². The van der Waals surface area contributed by atoms with Crippen molar-refractivity contribution in [2.45, 2.75) is 0 Å². The summed E-state index contributed by atoms with van der Waals surface area (Å²) in [5.41, 5.74) is 29.7. The Morgan fingerprint density at radius 3 is 0.859 bits per heavy atom. The third-order valence-corrected chi connectivity index (χ3v) is 27.0. The van der Waals surface area contributed by atoms with Crippen LogP contribution in [0.1, 0.15) is 0 Å². The summed E-state index contributed by atoms with van der Waals surface area (Å²) < 4.78 is 19.2. The molecule has 0 aliphatic heterocycles. The first kappa shape index (κ1) is 84.6. The van der Waals surface area contributed by atoms with Crippen molar-refractivity contribution in [3.63, 3.8) is 0 Å². The van der Waals surface area contributed by atoms with Crippen molar-refractivity contribution in [1.82, 2.24) is 15.0 Å². The Morgan fingerprint density at radius 2 is 0.423 bits per heavy atom. The molecule has 0 atom stereocenters. The molecule has 0 bridgehead atoms. The number of oxazole rings is 3. The van der Waals surface area contributed by atoms with Crippen molar-refractivity contribution in [1.29, 1.82) is 0 Å². The maximum atomic E-state index is 6.53. The van der Waals surface area contributed by atoms with Crippen molar-refractivity contribution in [3.8, 4) is 90.0 Å². The average Bonchev–Trinajstić information content (AvgIpc) is 1.41. The van der Waals surface area contributed by atoms with Gasteiger partial charge in [-0.05, 0) is 291 Å². The summed E-state index contributed by atoms with van der Waals surface area (Å²) >= 11 is 0. The number of nitrogens with zero attached hydrogens (tertiary/aromatic N) is 6. The molecule has 0 saturated carbocycles. The lowest BCUT2D eigenvalue weighted by atomic mass is 9.96. The van der Waals surface area contributed by atoms with Gasteiger partial charge in [0.05, 0.1) is 0 Å². The van der Waals surface area contributed by atoms with E-state index in [1.165, 1.54) is 60.5 Å². The van der Waals surface area contributed by atoms with Crippen molar-refractivity contribution >= 4 is 160 Å². The monoisotopic (exact) mass is 1820 g/mol. The zero-order valence-electron chi connectivity index (χ0n) is 77.2. The zero-order chi connectivity index (χ0) is 94.2. The predicted molar refractivity (Wildman–Crippen MR) is 592 cm³/mol. The van der Waals surface area contributed by atoms with E-state index in [0.717, 1.165) is 172 Å². The highest BCUT2D eigenvalue weighted by Crippen LogP contribution is 2.47. The Kier molecular flexibility index (Phi) is 22.2. The van der Waals surface area contributed by atoms with Gasteiger partial charge in [-0.3, -0.25) is 0 Å². The van der Waals surface area contributed by atoms with Crippen LogP contribution in [0.25, 0.3) is 199 Å². The fourth-order valence-corrected chi connectivity index (χ4v) is 19.9. The maximum absolute atomic E-state index is 6.53. The molecule has 9 nitrogen and oxygen atoms in total. The third-order valence-electron chi connectivity index (χ3n) is 27.0. The molecule has 0 aliphatic carbocycles. The largest absolute Gasteiger partial charge is 0.436 e. The highest BCUT2D eigenvalue weighted by molar-refractivity contribution is 6.22. The van der Waals surface area contributed by atoms with Crippen LogP contribution >= 0.6 is 0 Å². The van der Waals surface area contributed by atoms with Gasteiger partial charge >= 0.3 is 0 Å². The zero-order valence-corrected chi connectivity index (χ0v) is 77.2. The quantitative estimate of drug-likeness (QED) is 0.0827. The lowest BCUT2D eigenvalue weighted by Gasteiger charge is -2.26. The number of anilines is 9. The molecule has 0 amide bonds. The van der Waals surface area contributed by atoms with Crippen LogP contribution in [0.5, 0.6) is 0 Å². The van der Waals surface area contributed by atoms with Crippen LogP contribution in [0.2, 0.25) is 0 Å². The minimum Gasteiger partial charge on any atom is -0.436 e. The second-order valence-electron chi connectivity index (χ2n) is 35.7. The van der Waals surface area contributed by atoms with Gasteiger partial charge in [-0.25, -0.2) is 15.0 Å². The molecule has 0 N–H and O–H groups in total. The molecular formula is C133H88N6O3. The minimum absolute atomic E-state index is 0.630. The van der Waals surface area contributed by atoms with Crippen LogP contribution in [0.3, 0.4) is 0 Å². The van der Waals surface area contributed by atoms with E-state index >= 15 is 0 Å². The minimum atomic E-state index is 0.630. The van der Waals surface area contributed by atoms with Gasteiger partial charge < -0.3 is 28.0 Å². The number of benzene rings is 24. The van der Waals surface area contributed by atoms with E-state index in [4.69, 9.17) is 28.2 Å². The summed E-state index contributed by atoms with van der Waals surface area (Å²) in [7, 11) is 0. The lowest BCUT2D eigenvalue weighted by Crippen LogP contribution is -2.09. The molecule has 0 saturated heterocycles. The van der Waals surface area contributed by atoms with Crippen LogP contribution < -0.4 is 14.7 Å². The molecule has 24 aromatic carbocycles. The molecule has 3 heterocycles. The lowest BCUT2D eigenvalue weighted by molar-refractivity contribution is 0.620. The molecular weight excluding hydrogens is 1730 g/mol. The van der Waals surface area contributed by atoms with E-state index < -0.39 is 0 Å². The van der Waals surface area contributed by atoms with Gasteiger partial charge in [0, 0.05) is 84.0 Å². The number of para-hydroxylation sites is 2. The number of aromatic nitrogens is 3. The van der Waals surface area contributed by atoms with E-state index in [-0.39, 0.29) is 0 Å². The molecule has 668 valence electrons. The Hall–Kier alpha value is -19.1. The van der Waals surface area contributed by atoms with Gasteiger partial charge in [0.25, 0.3) is 0 Å². The number of hydrogen-bond donors (Lipinski definition) is 0.